The summed E-state index contributed by atoms with van der Waals surface area (Å²) in [4.78, 5) is 12.7. The van der Waals surface area contributed by atoms with E-state index in [4.69, 9.17) is 9.47 Å². The number of nitrogens with zero attached hydrogens (tertiary/aromatic N) is 1. The van der Waals surface area contributed by atoms with Crippen LogP contribution in [-0.2, 0) is 10.0 Å². The van der Waals surface area contributed by atoms with Gasteiger partial charge in [0.25, 0.3) is 5.91 Å². The number of nitrogens with one attached hydrogen (secondary N) is 1. The van der Waals surface area contributed by atoms with Crippen LogP contribution < -0.4 is 14.8 Å². The topological polar surface area (TPSA) is 84.9 Å². The smallest absolute Gasteiger partial charge is 0.255 e. The Hall–Kier alpha value is -2.58. The maximum Gasteiger partial charge on any atom is 0.255 e. The predicted octanol–water partition coefficient (Wildman–Crippen LogP) is 2.99. The van der Waals surface area contributed by atoms with E-state index >= 15 is 0 Å². The molecule has 2 aromatic carbocycles. The number of ether oxygens (including phenoxy) is 2. The molecule has 0 fully saturated rings. The number of amides is 1. The number of methoxy groups -OCH3 is 2. The molecule has 0 spiro atoms. The number of hydrogen-bond acceptors (Lipinski definition) is 5. The van der Waals surface area contributed by atoms with Gasteiger partial charge in [-0.25, -0.2) is 8.42 Å². The molecule has 0 aromatic heterocycles. The van der Waals surface area contributed by atoms with Gasteiger partial charge in [-0.1, -0.05) is 19.9 Å². The van der Waals surface area contributed by atoms with Gasteiger partial charge < -0.3 is 14.8 Å². The van der Waals surface area contributed by atoms with Crippen LogP contribution >= 0.6 is 0 Å². The number of sulfonamides is 1. The van der Waals surface area contributed by atoms with Crippen molar-refractivity contribution in [3.8, 4) is 11.5 Å². The number of rotatable bonds is 8. The van der Waals surface area contributed by atoms with Gasteiger partial charge in [-0.05, 0) is 30.3 Å². The van der Waals surface area contributed by atoms with Crippen LogP contribution in [0.4, 0.5) is 5.69 Å². The minimum Gasteiger partial charge on any atom is -0.493 e. The molecule has 27 heavy (non-hydrogen) atoms. The highest BCUT2D eigenvalue weighted by Gasteiger charge is 2.22. The molecular formula is C19H24N2O5S. The van der Waals surface area contributed by atoms with Gasteiger partial charge in [0.2, 0.25) is 10.0 Å². The van der Waals surface area contributed by atoms with Gasteiger partial charge in [-0.2, -0.15) is 4.31 Å². The summed E-state index contributed by atoms with van der Waals surface area (Å²) in [6, 6.07) is 11.0. The molecule has 0 aliphatic rings. The first-order valence-electron chi connectivity index (χ1n) is 8.50. The Morgan fingerprint density at radius 3 is 2.26 bits per heavy atom. The van der Waals surface area contributed by atoms with Crippen molar-refractivity contribution >= 4 is 21.6 Å². The van der Waals surface area contributed by atoms with Gasteiger partial charge in [0.1, 0.15) is 0 Å². The minimum absolute atomic E-state index is 0.0890. The second-order valence-electron chi connectivity index (χ2n) is 5.64. The minimum atomic E-state index is -3.63. The number of anilines is 1. The Balaban J connectivity index is 2.28. The highest BCUT2D eigenvalue weighted by Crippen LogP contribution is 2.30. The molecule has 0 saturated carbocycles. The van der Waals surface area contributed by atoms with E-state index in [1.807, 2.05) is 0 Å². The summed E-state index contributed by atoms with van der Waals surface area (Å²) in [6.07, 6.45) is 0. The van der Waals surface area contributed by atoms with Crippen molar-refractivity contribution in [2.45, 2.75) is 18.7 Å². The summed E-state index contributed by atoms with van der Waals surface area (Å²) >= 11 is 0. The van der Waals surface area contributed by atoms with Gasteiger partial charge in [-0.15, -0.1) is 0 Å². The Morgan fingerprint density at radius 2 is 1.67 bits per heavy atom. The highest BCUT2D eigenvalue weighted by atomic mass is 32.2. The van der Waals surface area contributed by atoms with Crippen molar-refractivity contribution in [2.24, 2.45) is 0 Å². The van der Waals surface area contributed by atoms with Crippen LogP contribution in [0.3, 0.4) is 0 Å². The fraction of sp³-hybridized carbons (Fsp3) is 0.316. The molecule has 1 N–H and O–H groups in total. The zero-order valence-corrected chi connectivity index (χ0v) is 16.7. The largest absolute Gasteiger partial charge is 0.493 e. The molecule has 7 nitrogen and oxygen atoms in total. The lowest BCUT2D eigenvalue weighted by atomic mass is 10.2. The maximum absolute atomic E-state index is 12.6. The van der Waals surface area contributed by atoms with E-state index in [9.17, 15) is 13.2 Å². The van der Waals surface area contributed by atoms with Gasteiger partial charge in [0.05, 0.1) is 19.1 Å². The molecule has 0 radical (unpaired) electrons. The van der Waals surface area contributed by atoms with E-state index in [1.54, 1.807) is 44.2 Å². The SMILES string of the molecule is CCN(CC)S(=O)(=O)c1cccc(C(=O)Nc2ccc(OC)c(OC)c2)c1. The van der Waals surface area contributed by atoms with Gasteiger partial charge in [0.15, 0.2) is 11.5 Å². The van der Waals surface area contributed by atoms with Crippen LogP contribution in [0.2, 0.25) is 0 Å². The van der Waals surface area contributed by atoms with Crippen LogP contribution in [0.5, 0.6) is 11.5 Å². The van der Waals surface area contributed by atoms with E-state index in [2.05, 4.69) is 5.32 Å². The third-order valence-electron chi connectivity index (χ3n) is 4.08. The Bertz CT molecular complexity index is 908. The fourth-order valence-electron chi connectivity index (χ4n) is 2.63. The molecule has 0 heterocycles. The third-order valence-corrected chi connectivity index (χ3v) is 6.13. The van der Waals surface area contributed by atoms with E-state index in [-0.39, 0.29) is 10.5 Å². The number of carbonyl (C=O) groups excluding carboxylic acids is 1. The van der Waals surface area contributed by atoms with E-state index < -0.39 is 15.9 Å². The molecule has 2 rings (SSSR count). The summed E-state index contributed by atoms with van der Waals surface area (Å²) in [5.74, 6) is 0.606. The highest BCUT2D eigenvalue weighted by molar-refractivity contribution is 7.89. The van der Waals surface area contributed by atoms with Crippen LogP contribution in [0, 0.1) is 0 Å². The lowest BCUT2D eigenvalue weighted by Gasteiger charge is -2.18. The molecule has 0 atom stereocenters. The standard InChI is InChI=1S/C19H24N2O5S/c1-5-21(6-2)27(23,24)16-9-7-8-14(12-16)19(22)20-15-10-11-17(25-3)18(13-15)26-4/h7-13H,5-6H2,1-4H3,(H,20,22). The van der Waals surface area contributed by atoms with E-state index in [0.717, 1.165) is 0 Å². The maximum atomic E-state index is 12.6. The summed E-state index contributed by atoms with van der Waals surface area (Å²) < 4.78 is 37.0. The Labute approximate surface area is 160 Å². The van der Waals surface area contributed by atoms with Crippen molar-refractivity contribution in [1.29, 1.82) is 0 Å². The second kappa shape index (κ2) is 8.88. The molecule has 1 amide bonds. The van der Waals surface area contributed by atoms with E-state index in [0.29, 0.717) is 30.3 Å². The average molecular weight is 392 g/mol. The molecule has 0 aliphatic heterocycles. The number of carbonyl (C=O) groups is 1. The predicted molar refractivity (Wildman–Crippen MR) is 104 cm³/mol. The molecular weight excluding hydrogens is 368 g/mol. The van der Waals surface area contributed by atoms with Gasteiger partial charge in [0, 0.05) is 30.4 Å². The normalized spacial score (nSPS) is 11.3. The zero-order chi connectivity index (χ0) is 20.0. The third kappa shape index (κ3) is 4.58. The molecule has 2 aromatic rings. The lowest BCUT2D eigenvalue weighted by molar-refractivity contribution is 0.102. The van der Waals surface area contributed by atoms with E-state index in [1.165, 1.54) is 30.7 Å². The van der Waals surface area contributed by atoms with Crippen molar-refractivity contribution in [3.63, 3.8) is 0 Å². The summed E-state index contributed by atoms with van der Waals surface area (Å²) in [5, 5.41) is 2.74. The zero-order valence-electron chi connectivity index (χ0n) is 15.9. The van der Waals surface area contributed by atoms with Gasteiger partial charge >= 0.3 is 0 Å². The van der Waals surface area contributed by atoms with Crippen molar-refractivity contribution in [3.05, 3.63) is 48.0 Å². The Morgan fingerprint density at radius 1 is 1.00 bits per heavy atom. The second-order valence-corrected chi connectivity index (χ2v) is 7.58. The average Bonchev–Trinajstić information content (AvgIpc) is 2.68. The number of benzene rings is 2. The quantitative estimate of drug-likeness (QED) is 0.746. The van der Waals surface area contributed by atoms with Crippen molar-refractivity contribution < 1.29 is 22.7 Å². The van der Waals surface area contributed by atoms with Crippen LogP contribution in [-0.4, -0.2) is 45.9 Å². The fourth-order valence-corrected chi connectivity index (χ4v) is 4.13. The summed E-state index contributed by atoms with van der Waals surface area (Å²) in [7, 11) is -0.602. The molecule has 0 saturated heterocycles. The first-order valence-corrected chi connectivity index (χ1v) is 9.95. The van der Waals surface area contributed by atoms with Crippen molar-refractivity contribution in [2.75, 3.05) is 32.6 Å². The Kier molecular flexibility index (Phi) is 6.81. The lowest BCUT2D eigenvalue weighted by Crippen LogP contribution is -2.30. The first kappa shape index (κ1) is 20.7. The molecule has 8 heteroatoms. The molecule has 0 aliphatic carbocycles. The molecule has 0 unspecified atom stereocenters. The first-order chi connectivity index (χ1) is 12.9. The van der Waals surface area contributed by atoms with Crippen LogP contribution in [0.1, 0.15) is 24.2 Å². The molecule has 146 valence electrons. The summed E-state index contributed by atoms with van der Waals surface area (Å²) in [5.41, 5.74) is 0.757. The molecule has 0 bridgehead atoms. The monoisotopic (exact) mass is 392 g/mol. The number of hydrogen-bond donors (Lipinski definition) is 1. The van der Waals surface area contributed by atoms with Gasteiger partial charge in [-0.3, -0.25) is 4.79 Å². The summed E-state index contributed by atoms with van der Waals surface area (Å²) in [6.45, 7) is 4.27. The van der Waals surface area contributed by atoms with Crippen molar-refractivity contribution in [1.82, 2.24) is 4.31 Å². The van der Waals surface area contributed by atoms with Crippen LogP contribution in [0.15, 0.2) is 47.4 Å². The van der Waals surface area contributed by atoms with Crippen LogP contribution in [0.25, 0.3) is 0 Å².